The second kappa shape index (κ2) is 7.70. The molecule has 1 aliphatic rings. The Morgan fingerprint density at radius 3 is 2.76 bits per heavy atom. The highest BCUT2D eigenvalue weighted by molar-refractivity contribution is 6.33. The van der Waals surface area contributed by atoms with Crippen LogP contribution in [0.2, 0.25) is 5.02 Å². The number of aromatic nitrogens is 1. The molecular weight excluding hydrogens is 347 g/mol. The monoisotopic (exact) mass is 364 g/mol. The Kier molecular flexibility index (Phi) is 5.38. The summed E-state index contributed by atoms with van der Waals surface area (Å²) >= 11 is 5.93. The fourth-order valence-corrected chi connectivity index (χ4v) is 2.98. The molecule has 132 valence electrons. The van der Waals surface area contributed by atoms with Crippen LogP contribution >= 0.6 is 11.6 Å². The first-order chi connectivity index (χ1) is 12.1. The van der Waals surface area contributed by atoms with E-state index in [9.17, 15) is 9.18 Å². The summed E-state index contributed by atoms with van der Waals surface area (Å²) in [7, 11) is 1.51. The molecule has 0 saturated heterocycles. The highest BCUT2D eigenvalue weighted by atomic mass is 35.5. The lowest BCUT2D eigenvalue weighted by molar-refractivity contribution is 0.102. The van der Waals surface area contributed by atoms with Crippen molar-refractivity contribution in [3.63, 3.8) is 0 Å². The number of hydrogen-bond acceptors (Lipinski definition) is 4. The average molecular weight is 365 g/mol. The van der Waals surface area contributed by atoms with Gasteiger partial charge in [0.05, 0.1) is 30.1 Å². The number of pyridine rings is 1. The summed E-state index contributed by atoms with van der Waals surface area (Å²) in [6.45, 7) is 0. The van der Waals surface area contributed by atoms with Gasteiger partial charge in [0.25, 0.3) is 5.91 Å². The molecule has 0 aliphatic heterocycles. The third-order valence-electron chi connectivity index (χ3n) is 4.08. The molecule has 25 heavy (non-hydrogen) atoms. The highest BCUT2D eigenvalue weighted by Gasteiger charge is 2.21. The third kappa shape index (κ3) is 4.02. The number of para-hydroxylation sites is 1. The van der Waals surface area contributed by atoms with Crippen LogP contribution in [0.4, 0.5) is 10.1 Å². The minimum Gasteiger partial charge on any atom is -0.491 e. The van der Waals surface area contributed by atoms with Crippen molar-refractivity contribution in [3.8, 4) is 11.5 Å². The summed E-state index contributed by atoms with van der Waals surface area (Å²) in [5.41, 5.74) is 0.0122. The van der Waals surface area contributed by atoms with Crippen LogP contribution in [0.5, 0.6) is 11.5 Å². The van der Waals surface area contributed by atoms with Crippen molar-refractivity contribution in [3.05, 3.63) is 47.0 Å². The van der Waals surface area contributed by atoms with Crippen molar-refractivity contribution >= 4 is 23.2 Å². The van der Waals surface area contributed by atoms with Gasteiger partial charge in [0.2, 0.25) is 0 Å². The molecule has 1 aromatic carbocycles. The van der Waals surface area contributed by atoms with E-state index in [1.165, 1.54) is 37.6 Å². The van der Waals surface area contributed by atoms with E-state index < -0.39 is 11.7 Å². The van der Waals surface area contributed by atoms with Crippen LogP contribution in [-0.2, 0) is 0 Å². The molecule has 1 heterocycles. The summed E-state index contributed by atoms with van der Waals surface area (Å²) in [6.07, 6.45) is 5.71. The Hall–Kier alpha value is -2.34. The van der Waals surface area contributed by atoms with Crippen LogP contribution in [0.1, 0.15) is 36.2 Å². The number of carbonyl (C=O) groups is 1. The molecule has 0 atom stereocenters. The normalized spacial score (nSPS) is 14.4. The predicted molar refractivity (Wildman–Crippen MR) is 93.0 cm³/mol. The third-order valence-corrected chi connectivity index (χ3v) is 4.40. The molecule has 0 bridgehead atoms. The van der Waals surface area contributed by atoms with Crippen LogP contribution < -0.4 is 14.8 Å². The molecule has 5 nitrogen and oxygen atoms in total. The molecule has 2 aromatic rings. The summed E-state index contributed by atoms with van der Waals surface area (Å²) in [4.78, 5) is 16.5. The fourth-order valence-electron chi connectivity index (χ4n) is 2.77. The molecule has 1 amide bonds. The number of amides is 1. The van der Waals surface area contributed by atoms with E-state index in [1.807, 2.05) is 0 Å². The summed E-state index contributed by atoms with van der Waals surface area (Å²) in [5, 5.41) is 2.56. The van der Waals surface area contributed by atoms with Gasteiger partial charge in [-0.2, -0.15) is 0 Å². The molecule has 1 N–H and O–H groups in total. The van der Waals surface area contributed by atoms with Gasteiger partial charge in [-0.1, -0.05) is 17.7 Å². The molecule has 0 spiro atoms. The number of benzene rings is 1. The van der Waals surface area contributed by atoms with E-state index in [-0.39, 0.29) is 22.5 Å². The predicted octanol–water partition coefficient (Wildman–Crippen LogP) is 4.46. The fraction of sp³-hybridized carbons (Fsp3) is 0.333. The van der Waals surface area contributed by atoms with Gasteiger partial charge >= 0.3 is 0 Å². The van der Waals surface area contributed by atoms with Gasteiger partial charge in [-0.25, -0.2) is 9.37 Å². The molecule has 1 fully saturated rings. The number of hydrogen-bond donors (Lipinski definition) is 1. The molecule has 3 rings (SSSR count). The molecular formula is C18H18ClFN2O3. The van der Waals surface area contributed by atoms with Crippen molar-refractivity contribution in [1.82, 2.24) is 4.98 Å². The van der Waals surface area contributed by atoms with Gasteiger partial charge in [0.1, 0.15) is 11.5 Å². The van der Waals surface area contributed by atoms with Crippen LogP contribution in [0.15, 0.2) is 30.5 Å². The first-order valence-electron chi connectivity index (χ1n) is 8.04. The first kappa shape index (κ1) is 17.5. The Balaban J connectivity index is 1.82. The van der Waals surface area contributed by atoms with Crippen molar-refractivity contribution in [2.75, 3.05) is 12.4 Å². The number of nitrogens with one attached hydrogen (secondary N) is 1. The number of ether oxygens (including phenoxy) is 2. The number of halogens is 2. The zero-order valence-corrected chi connectivity index (χ0v) is 14.5. The Morgan fingerprint density at radius 2 is 2.08 bits per heavy atom. The highest BCUT2D eigenvalue weighted by Crippen LogP contribution is 2.32. The van der Waals surface area contributed by atoms with Gasteiger partial charge in [-0.3, -0.25) is 4.79 Å². The van der Waals surface area contributed by atoms with E-state index in [1.54, 1.807) is 0 Å². The maximum Gasteiger partial charge on any atom is 0.274 e. The Morgan fingerprint density at radius 1 is 1.32 bits per heavy atom. The number of methoxy groups -OCH3 is 1. The second-order valence-corrected chi connectivity index (χ2v) is 6.20. The number of anilines is 1. The number of nitrogens with zero attached hydrogens (tertiary/aromatic N) is 1. The standard InChI is InChI=1S/C18H18ClFN2O3/c1-24-16-10-21-14(9-15(16)25-11-5-2-3-6-11)18(23)22-17-12(19)7-4-8-13(17)20/h4,7-11H,2-3,5-6H2,1H3,(H,22,23). The lowest BCUT2D eigenvalue weighted by Gasteiger charge is -2.16. The van der Waals surface area contributed by atoms with Crippen LogP contribution in [0, 0.1) is 5.82 Å². The Labute approximate surface area is 150 Å². The van der Waals surface area contributed by atoms with E-state index in [0.29, 0.717) is 11.5 Å². The largest absolute Gasteiger partial charge is 0.491 e. The molecule has 1 saturated carbocycles. The second-order valence-electron chi connectivity index (χ2n) is 5.80. The van der Waals surface area contributed by atoms with Crippen LogP contribution in [-0.4, -0.2) is 24.1 Å². The van der Waals surface area contributed by atoms with Crippen molar-refractivity contribution in [2.24, 2.45) is 0 Å². The van der Waals surface area contributed by atoms with Crippen LogP contribution in [0.25, 0.3) is 0 Å². The van der Waals surface area contributed by atoms with E-state index in [2.05, 4.69) is 10.3 Å². The molecule has 0 unspecified atom stereocenters. The van der Waals surface area contributed by atoms with Crippen LogP contribution in [0.3, 0.4) is 0 Å². The molecule has 0 radical (unpaired) electrons. The smallest absolute Gasteiger partial charge is 0.274 e. The van der Waals surface area contributed by atoms with Gasteiger partial charge in [-0.05, 0) is 37.8 Å². The van der Waals surface area contributed by atoms with E-state index in [4.69, 9.17) is 21.1 Å². The van der Waals surface area contributed by atoms with Crippen molar-refractivity contribution in [1.29, 1.82) is 0 Å². The van der Waals surface area contributed by atoms with Crippen molar-refractivity contribution < 1.29 is 18.7 Å². The maximum absolute atomic E-state index is 13.8. The number of rotatable bonds is 5. The van der Waals surface area contributed by atoms with E-state index in [0.717, 1.165) is 25.7 Å². The van der Waals surface area contributed by atoms with E-state index >= 15 is 0 Å². The summed E-state index contributed by atoms with van der Waals surface area (Å²) in [5.74, 6) is -0.288. The average Bonchev–Trinajstić information content (AvgIpc) is 3.11. The van der Waals surface area contributed by atoms with Crippen molar-refractivity contribution in [2.45, 2.75) is 31.8 Å². The van der Waals surface area contributed by atoms with Gasteiger partial charge in [0.15, 0.2) is 11.5 Å². The zero-order valence-electron chi connectivity index (χ0n) is 13.7. The quantitative estimate of drug-likeness (QED) is 0.851. The topological polar surface area (TPSA) is 60.5 Å². The van der Waals surface area contributed by atoms with Gasteiger partial charge < -0.3 is 14.8 Å². The SMILES string of the molecule is COc1cnc(C(=O)Nc2c(F)cccc2Cl)cc1OC1CCCC1. The van der Waals surface area contributed by atoms with Gasteiger partial charge in [-0.15, -0.1) is 0 Å². The molecule has 1 aromatic heterocycles. The summed E-state index contributed by atoms with van der Waals surface area (Å²) < 4.78 is 25.0. The lowest BCUT2D eigenvalue weighted by Crippen LogP contribution is -2.17. The zero-order chi connectivity index (χ0) is 17.8. The summed E-state index contributed by atoms with van der Waals surface area (Å²) in [6, 6.07) is 5.68. The minimum atomic E-state index is -0.614. The maximum atomic E-state index is 13.8. The number of carbonyl (C=O) groups excluding carboxylic acids is 1. The molecule has 1 aliphatic carbocycles. The first-order valence-corrected chi connectivity index (χ1v) is 8.42. The Bertz CT molecular complexity index is 759. The van der Waals surface area contributed by atoms with Gasteiger partial charge in [0, 0.05) is 6.07 Å². The molecule has 7 heteroatoms. The minimum absolute atomic E-state index is 0.0787. The lowest BCUT2D eigenvalue weighted by atomic mass is 10.2.